The molecule has 9 heteroatoms. The van der Waals surface area contributed by atoms with Crippen LogP contribution in [0, 0.1) is 5.82 Å². The molecule has 0 spiro atoms. The van der Waals surface area contributed by atoms with E-state index >= 15 is 0 Å². The number of aromatic nitrogens is 2. The predicted molar refractivity (Wildman–Crippen MR) is 130 cm³/mol. The molecule has 33 heavy (non-hydrogen) atoms. The molecular formula is C24H25ClFN5OS. The first-order chi connectivity index (χ1) is 16.1. The van der Waals surface area contributed by atoms with E-state index in [1.165, 1.54) is 6.07 Å². The van der Waals surface area contributed by atoms with Gasteiger partial charge >= 0.3 is 0 Å². The number of morpholine rings is 1. The van der Waals surface area contributed by atoms with E-state index in [1.807, 2.05) is 35.0 Å². The van der Waals surface area contributed by atoms with Gasteiger partial charge in [0.1, 0.15) is 5.82 Å². The van der Waals surface area contributed by atoms with Crippen molar-refractivity contribution in [1.82, 2.24) is 24.7 Å². The summed E-state index contributed by atoms with van der Waals surface area (Å²) < 4.78 is 21.4. The van der Waals surface area contributed by atoms with Gasteiger partial charge in [0.2, 0.25) is 0 Å². The molecule has 2 saturated heterocycles. The number of thiocarbonyl (C=S) groups is 1. The molecule has 0 amide bonds. The number of pyridine rings is 1. The van der Waals surface area contributed by atoms with Gasteiger partial charge in [-0.25, -0.2) is 4.39 Å². The van der Waals surface area contributed by atoms with Crippen LogP contribution in [0.3, 0.4) is 0 Å². The van der Waals surface area contributed by atoms with Crippen LogP contribution in [0.2, 0.25) is 5.02 Å². The third-order valence-corrected chi connectivity index (χ3v) is 6.87. The van der Waals surface area contributed by atoms with E-state index in [1.54, 1.807) is 18.3 Å². The third kappa shape index (κ3) is 4.61. The SMILES string of the molecule is Fc1ccc(-n2cccc2[C@@H]2[C@@H](c3ccccn3)NC(=S)N2CCN2CCOCC2)cc1Cl. The largest absolute Gasteiger partial charge is 0.379 e. The molecule has 0 bridgehead atoms. The molecule has 0 saturated carbocycles. The van der Waals surface area contributed by atoms with Crippen LogP contribution in [0.15, 0.2) is 60.9 Å². The number of nitrogens with one attached hydrogen (secondary N) is 1. The van der Waals surface area contributed by atoms with Gasteiger partial charge < -0.3 is 19.5 Å². The van der Waals surface area contributed by atoms with Crippen LogP contribution < -0.4 is 5.32 Å². The molecule has 2 aromatic heterocycles. The number of halogens is 2. The highest BCUT2D eigenvalue weighted by molar-refractivity contribution is 7.80. The molecule has 0 radical (unpaired) electrons. The summed E-state index contributed by atoms with van der Waals surface area (Å²) in [5, 5.41) is 4.30. The summed E-state index contributed by atoms with van der Waals surface area (Å²) in [5.41, 5.74) is 2.75. The lowest BCUT2D eigenvalue weighted by Crippen LogP contribution is -2.42. The van der Waals surface area contributed by atoms with E-state index in [0.717, 1.165) is 56.5 Å². The van der Waals surface area contributed by atoms with Crippen LogP contribution in [0.5, 0.6) is 0 Å². The Hall–Kier alpha value is -2.52. The number of nitrogens with zero attached hydrogens (tertiary/aromatic N) is 4. The summed E-state index contributed by atoms with van der Waals surface area (Å²) in [7, 11) is 0. The molecule has 6 nitrogen and oxygen atoms in total. The lowest BCUT2D eigenvalue weighted by atomic mass is 10.0. The number of hydrogen-bond acceptors (Lipinski definition) is 4. The van der Waals surface area contributed by atoms with Gasteiger partial charge in [-0.05, 0) is 54.7 Å². The van der Waals surface area contributed by atoms with Gasteiger partial charge in [0.15, 0.2) is 5.11 Å². The Morgan fingerprint density at radius 2 is 1.97 bits per heavy atom. The van der Waals surface area contributed by atoms with Gasteiger partial charge in [-0.3, -0.25) is 9.88 Å². The average Bonchev–Trinajstić information content (AvgIpc) is 3.45. The monoisotopic (exact) mass is 485 g/mol. The highest BCUT2D eigenvalue weighted by atomic mass is 35.5. The molecule has 2 aliphatic heterocycles. The van der Waals surface area contributed by atoms with Gasteiger partial charge in [-0.2, -0.15) is 0 Å². The molecule has 1 aromatic carbocycles. The molecule has 0 aliphatic carbocycles. The third-order valence-electron chi connectivity index (χ3n) is 6.22. The van der Waals surface area contributed by atoms with Crippen LogP contribution in [-0.2, 0) is 4.74 Å². The summed E-state index contributed by atoms with van der Waals surface area (Å²) in [6.45, 7) is 5.03. The van der Waals surface area contributed by atoms with E-state index in [-0.39, 0.29) is 17.1 Å². The Morgan fingerprint density at radius 1 is 1.12 bits per heavy atom. The maximum Gasteiger partial charge on any atom is 0.170 e. The summed E-state index contributed by atoms with van der Waals surface area (Å²) in [6, 6.07) is 14.5. The first kappa shape index (κ1) is 22.3. The maximum absolute atomic E-state index is 13.8. The van der Waals surface area contributed by atoms with Crippen LogP contribution in [0.4, 0.5) is 4.39 Å². The standard InChI is InChI=1S/C24H25ClFN5OS/c25-18-16-17(6-7-19(18)26)30-9-3-5-21(30)23-22(20-4-1-2-8-27-20)28-24(33)31(23)11-10-29-12-14-32-15-13-29/h1-9,16,22-23H,10-15H2,(H,28,33)/t22-,23-/m1/s1. The fraction of sp³-hybridized carbons (Fsp3) is 0.333. The molecule has 2 atom stereocenters. The van der Waals surface area contributed by atoms with Crippen molar-refractivity contribution in [2.24, 2.45) is 0 Å². The highest BCUT2D eigenvalue weighted by Crippen LogP contribution is 2.39. The quantitative estimate of drug-likeness (QED) is 0.533. The Labute approximate surface area is 202 Å². The molecule has 2 fully saturated rings. The number of rotatable bonds is 6. The van der Waals surface area contributed by atoms with Crippen molar-refractivity contribution < 1.29 is 9.13 Å². The Morgan fingerprint density at radius 3 is 2.73 bits per heavy atom. The zero-order valence-electron chi connectivity index (χ0n) is 18.0. The summed E-state index contributed by atoms with van der Waals surface area (Å²) in [6.07, 6.45) is 3.77. The van der Waals surface area contributed by atoms with Crippen molar-refractivity contribution in [2.45, 2.75) is 12.1 Å². The second-order valence-electron chi connectivity index (χ2n) is 8.18. The minimum atomic E-state index is -0.434. The van der Waals surface area contributed by atoms with Crippen molar-refractivity contribution in [3.8, 4) is 5.69 Å². The zero-order valence-corrected chi connectivity index (χ0v) is 19.6. The van der Waals surface area contributed by atoms with Gasteiger partial charge in [0.25, 0.3) is 0 Å². The van der Waals surface area contributed by atoms with E-state index in [4.69, 9.17) is 28.6 Å². The normalized spacial score (nSPS) is 21.4. The van der Waals surface area contributed by atoms with E-state index in [0.29, 0.717) is 5.11 Å². The second-order valence-corrected chi connectivity index (χ2v) is 8.97. The van der Waals surface area contributed by atoms with Crippen molar-refractivity contribution in [3.05, 3.63) is 83.2 Å². The molecule has 172 valence electrons. The molecule has 5 rings (SSSR count). The van der Waals surface area contributed by atoms with E-state index in [9.17, 15) is 4.39 Å². The molecule has 0 unspecified atom stereocenters. The van der Waals surface area contributed by atoms with Crippen LogP contribution >= 0.6 is 23.8 Å². The average molecular weight is 486 g/mol. The number of hydrogen-bond donors (Lipinski definition) is 1. The fourth-order valence-electron chi connectivity index (χ4n) is 4.55. The van der Waals surface area contributed by atoms with Gasteiger partial charge in [0, 0.05) is 50.0 Å². The second kappa shape index (κ2) is 9.77. The number of ether oxygens (including phenoxy) is 1. The maximum atomic E-state index is 13.8. The fourth-order valence-corrected chi connectivity index (χ4v) is 5.05. The van der Waals surface area contributed by atoms with Crippen LogP contribution in [0.1, 0.15) is 23.5 Å². The van der Waals surface area contributed by atoms with Crippen LogP contribution in [0.25, 0.3) is 5.69 Å². The smallest absolute Gasteiger partial charge is 0.170 e. The first-order valence-electron chi connectivity index (χ1n) is 11.0. The topological polar surface area (TPSA) is 45.6 Å². The lowest BCUT2D eigenvalue weighted by Gasteiger charge is -2.32. The van der Waals surface area contributed by atoms with Gasteiger partial charge in [0.05, 0.1) is 36.0 Å². The predicted octanol–water partition coefficient (Wildman–Crippen LogP) is 3.97. The Balaban J connectivity index is 1.51. The molecule has 2 aliphatic rings. The van der Waals surface area contributed by atoms with Gasteiger partial charge in [-0.1, -0.05) is 17.7 Å². The summed E-state index contributed by atoms with van der Waals surface area (Å²) in [4.78, 5) is 9.25. The summed E-state index contributed by atoms with van der Waals surface area (Å²) in [5.74, 6) is -0.434. The Bertz CT molecular complexity index is 1120. The highest BCUT2D eigenvalue weighted by Gasteiger charge is 2.41. The zero-order chi connectivity index (χ0) is 22.8. The minimum Gasteiger partial charge on any atom is -0.379 e. The molecular weight excluding hydrogens is 461 g/mol. The molecule has 1 N–H and O–H groups in total. The summed E-state index contributed by atoms with van der Waals surface area (Å²) >= 11 is 11.9. The van der Waals surface area contributed by atoms with Crippen LogP contribution in [-0.4, -0.2) is 63.9 Å². The van der Waals surface area contributed by atoms with Crippen molar-refractivity contribution in [1.29, 1.82) is 0 Å². The molecule has 3 aromatic rings. The van der Waals surface area contributed by atoms with Crippen molar-refractivity contribution >= 4 is 28.9 Å². The number of benzene rings is 1. The first-order valence-corrected chi connectivity index (χ1v) is 11.8. The van der Waals surface area contributed by atoms with Gasteiger partial charge in [-0.15, -0.1) is 0 Å². The van der Waals surface area contributed by atoms with Crippen molar-refractivity contribution in [2.75, 3.05) is 39.4 Å². The lowest BCUT2D eigenvalue weighted by molar-refractivity contribution is 0.0349. The minimum absolute atomic E-state index is 0.0905. The van der Waals surface area contributed by atoms with E-state index in [2.05, 4.69) is 26.2 Å². The Kier molecular flexibility index (Phi) is 6.59. The molecule has 4 heterocycles. The van der Waals surface area contributed by atoms with E-state index < -0.39 is 5.82 Å². The van der Waals surface area contributed by atoms with Crippen molar-refractivity contribution in [3.63, 3.8) is 0 Å².